The van der Waals surface area contributed by atoms with Gasteiger partial charge in [-0.3, -0.25) is 0 Å². The van der Waals surface area contributed by atoms with Crippen molar-refractivity contribution in [2.24, 2.45) is 0 Å². The predicted molar refractivity (Wildman–Crippen MR) is 408 cm³/mol. The molecule has 2 nitrogen and oxygen atoms in total. The van der Waals surface area contributed by atoms with E-state index in [4.69, 9.17) is 0 Å². The zero-order valence-electron chi connectivity index (χ0n) is 63.1. The van der Waals surface area contributed by atoms with Crippen LogP contribution in [-0.4, -0.2) is 4.70 Å². The Morgan fingerprint density at radius 1 is 0.253 bits per heavy atom. The number of rotatable bonds is 65. The standard InChI is InChI=1S/C48H76N2.2C20H41.Ni/c1-8-15-22-23-24-25-30-42-37-47(43-33-38(26-16-9-2)45(31-20-13-6)39(34-43)27-17-10-3)50(49)48(42)44-35-40(28-18-11-4)46(32-21-14-7)41(36-44)29-19-12-5;2*1-3-5-7-9-11-13-15-17-19-20-18-16-14-12-10-8-6-4-2;/h33-37H,8-32H2,1-7H3;2*1,3-20H2,2H3;. The zero-order valence-corrected chi connectivity index (χ0v) is 64.1. The fraction of sp³-hybridized carbons (Fsp3) is 0.818. The van der Waals surface area contributed by atoms with E-state index in [0.29, 0.717) is 0 Å². The number of nitrogens with zero attached hydrogens (tertiary/aromatic N) is 2. The minimum Gasteiger partial charge on any atom is -0.0654 e. The molecule has 0 saturated carbocycles. The van der Waals surface area contributed by atoms with E-state index < -0.39 is 0 Å². The molecular weight excluding hydrogens is 1140 g/mol. The van der Waals surface area contributed by atoms with E-state index in [-0.39, 0.29) is 0 Å². The molecule has 0 aromatic heterocycles. The van der Waals surface area contributed by atoms with E-state index in [1.165, 1.54) is 409 Å². The maximum absolute atomic E-state index is 12.4. The van der Waals surface area contributed by atoms with Crippen LogP contribution in [-0.2, 0) is 53.0 Å². The molecular formula is C88H158N2Ni. The Bertz CT molecular complexity index is 1940. The quantitative estimate of drug-likeness (QED) is 0.0358. The molecule has 0 atom stereocenters. The molecule has 0 unspecified atom stereocenters. The Labute approximate surface area is 577 Å². The number of allylic oxidation sites excluding steroid dienone is 2. The first-order chi connectivity index (χ1) is 44.9. The monoisotopic (exact) mass is 1300 g/mol. The van der Waals surface area contributed by atoms with Crippen molar-refractivity contribution in [3.63, 3.8) is 0 Å². The van der Waals surface area contributed by atoms with Gasteiger partial charge in [0.05, 0.1) is 0 Å². The predicted octanol–water partition coefficient (Wildman–Crippen LogP) is 31.3. The van der Waals surface area contributed by atoms with E-state index in [0.717, 1.165) is 43.5 Å². The second-order valence-electron chi connectivity index (χ2n) is 28.9. The molecule has 2 aromatic rings. The van der Waals surface area contributed by atoms with E-state index in [9.17, 15) is 5.53 Å². The van der Waals surface area contributed by atoms with Gasteiger partial charge in [-0.25, -0.2) is 4.70 Å². The van der Waals surface area contributed by atoms with Crippen molar-refractivity contribution in [2.75, 3.05) is 0 Å². The van der Waals surface area contributed by atoms with Crippen LogP contribution in [0.1, 0.15) is 460 Å². The summed E-state index contributed by atoms with van der Waals surface area (Å²) in [5, 5.41) is 2.87. The van der Waals surface area contributed by atoms with Gasteiger partial charge in [0, 0.05) is 22.8 Å². The first-order valence-corrected chi connectivity index (χ1v) is 43.0. The van der Waals surface area contributed by atoms with E-state index in [2.05, 4.69) is 92.7 Å². The van der Waals surface area contributed by atoms with Crippen molar-refractivity contribution in [1.82, 2.24) is 0 Å². The minimum atomic E-state index is 0.985. The van der Waals surface area contributed by atoms with Gasteiger partial charge in [0.15, 0.2) is 0 Å². The Morgan fingerprint density at radius 2 is 0.484 bits per heavy atom. The van der Waals surface area contributed by atoms with Gasteiger partial charge in [0.1, 0.15) is 0 Å². The summed E-state index contributed by atoms with van der Waals surface area (Å²) in [6, 6.07) is 9.90. The molecule has 91 heavy (non-hydrogen) atoms. The molecule has 3 rings (SSSR count). The van der Waals surface area contributed by atoms with Crippen molar-refractivity contribution in [2.45, 2.75) is 465 Å². The molecule has 3 heteroatoms. The topological polar surface area (TPSA) is 25.3 Å². The summed E-state index contributed by atoms with van der Waals surface area (Å²) in [6.07, 6.45) is 85.9. The summed E-state index contributed by atoms with van der Waals surface area (Å²) < 4.78 is 1.62. The van der Waals surface area contributed by atoms with Gasteiger partial charge < -0.3 is 5.53 Å². The third-order valence-electron chi connectivity index (χ3n) is 20.2. The normalized spacial score (nSPS) is 12.5. The van der Waals surface area contributed by atoms with Gasteiger partial charge in [-0.2, -0.15) is 0 Å². The molecule has 1 aliphatic rings. The minimum absolute atomic E-state index is 0.985. The number of hydrogen-bond acceptors (Lipinski definition) is 0. The summed E-state index contributed by atoms with van der Waals surface area (Å²) in [6.45, 7) is 20.8. The molecule has 1 heterocycles. The summed E-state index contributed by atoms with van der Waals surface area (Å²) in [4.78, 5) is 0. The SMILES string of the molecule is CCCCCCCCC1=C(c2cc(CCCC)c(CCCC)c(CCCC)c2)[N+](=[N-])C(c2cc(CCCC)c(CCCC)c(CCCC)c2)=C1.CCCCCCCCCCCCCCCCCCC[CH2][Ni][CH2]CCCCCCCCCCCCCCCCCCC. The number of hydrogen-bond donors (Lipinski definition) is 0. The number of unbranched alkanes of at least 4 members (excludes halogenated alkanes) is 45. The molecule has 1 aliphatic heterocycles. The second-order valence-corrected chi connectivity index (χ2v) is 30.4. The molecule has 530 valence electrons. The smallest absolute Gasteiger partial charge is 0.0654 e. The van der Waals surface area contributed by atoms with Crippen LogP contribution < -0.4 is 0 Å². The Morgan fingerprint density at radius 3 is 0.758 bits per heavy atom. The third-order valence-corrected chi connectivity index (χ3v) is 21.6. The van der Waals surface area contributed by atoms with Crippen LogP contribution in [0.3, 0.4) is 0 Å². The van der Waals surface area contributed by atoms with E-state index in [1.807, 2.05) is 14.4 Å². The molecule has 0 fully saturated rings. The molecule has 0 N–H and O–H groups in total. The van der Waals surface area contributed by atoms with Crippen molar-refractivity contribution in [3.8, 4) is 0 Å². The Hall–Kier alpha value is -1.99. The fourth-order valence-electron chi connectivity index (χ4n) is 14.1. The van der Waals surface area contributed by atoms with Gasteiger partial charge in [0.25, 0.3) is 0 Å². The Kier molecular flexibility index (Phi) is 58.7. The molecule has 0 spiro atoms. The van der Waals surface area contributed by atoms with E-state index >= 15 is 0 Å². The van der Waals surface area contributed by atoms with Crippen LogP contribution in [0.4, 0.5) is 0 Å². The summed E-state index contributed by atoms with van der Waals surface area (Å²) in [5.74, 6) is 0. The molecule has 0 amide bonds. The van der Waals surface area contributed by atoms with Gasteiger partial charge in [-0.15, -0.1) is 0 Å². The van der Waals surface area contributed by atoms with Crippen LogP contribution >= 0.6 is 0 Å². The maximum atomic E-state index is 12.4. The fourth-order valence-corrected chi connectivity index (χ4v) is 15.4. The van der Waals surface area contributed by atoms with Crippen molar-refractivity contribution >= 4 is 11.4 Å². The van der Waals surface area contributed by atoms with Gasteiger partial charge in [0.2, 0.25) is 11.4 Å². The van der Waals surface area contributed by atoms with Gasteiger partial charge in [-0.05, 0) is 148 Å². The van der Waals surface area contributed by atoms with Gasteiger partial charge in [-0.1, -0.05) is 223 Å². The van der Waals surface area contributed by atoms with Crippen LogP contribution in [0.5, 0.6) is 0 Å². The van der Waals surface area contributed by atoms with Crippen molar-refractivity contribution in [1.29, 1.82) is 0 Å². The van der Waals surface area contributed by atoms with E-state index in [1.54, 1.807) is 15.8 Å². The third kappa shape index (κ3) is 42.3. The van der Waals surface area contributed by atoms with Crippen molar-refractivity contribution < 1.29 is 19.1 Å². The zero-order chi connectivity index (χ0) is 65.7. The van der Waals surface area contributed by atoms with Crippen LogP contribution in [0.2, 0.25) is 10.8 Å². The first-order valence-electron chi connectivity index (χ1n) is 41.6. The average molecular weight is 1300 g/mol. The van der Waals surface area contributed by atoms with Crippen LogP contribution in [0, 0.1) is 0 Å². The van der Waals surface area contributed by atoms with Crippen LogP contribution in [0.25, 0.3) is 16.9 Å². The first kappa shape index (κ1) is 85.1. The number of aryl methyl sites for hydroxylation is 4. The summed E-state index contributed by atoms with van der Waals surface area (Å²) in [7, 11) is 0. The molecule has 0 saturated heterocycles. The second kappa shape index (κ2) is 62.8. The molecule has 0 radical (unpaired) electrons. The molecule has 0 aliphatic carbocycles. The molecule has 2 aromatic carbocycles. The van der Waals surface area contributed by atoms with Crippen molar-refractivity contribution in [3.05, 3.63) is 86.0 Å². The van der Waals surface area contributed by atoms with Crippen LogP contribution in [0.15, 0.2) is 35.9 Å². The average Bonchev–Trinajstić information content (AvgIpc) is 1.68. The van der Waals surface area contributed by atoms with Gasteiger partial charge >= 0.3 is 166 Å². The summed E-state index contributed by atoms with van der Waals surface area (Å²) >= 11 is 2.05. The number of benzene rings is 2. The Balaban J connectivity index is 0.000000634. The molecule has 0 bridgehead atoms. The summed E-state index contributed by atoms with van der Waals surface area (Å²) in [5.41, 5.74) is 27.5.